The zero-order valence-corrected chi connectivity index (χ0v) is 19.6. The highest BCUT2D eigenvalue weighted by Crippen LogP contribution is 2.39. The molecule has 1 aliphatic rings. The zero-order valence-electron chi connectivity index (χ0n) is 18.7. The lowest BCUT2D eigenvalue weighted by Crippen LogP contribution is -2.35. The molecular formula is C26H22F3NO4S. The summed E-state index contributed by atoms with van der Waals surface area (Å²) in [6.07, 6.45) is 1.59. The number of halogens is 3. The number of fused-ring (bicyclic) bond motifs is 1. The first-order valence-electron chi connectivity index (χ1n) is 10.8. The number of sulfonamides is 1. The highest BCUT2D eigenvalue weighted by atomic mass is 32.2. The van der Waals surface area contributed by atoms with Gasteiger partial charge in [-0.25, -0.2) is 17.6 Å². The van der Waals surface area contributed by atoms with Crippen molar-refractivity contribution in [2.24, 2.45) is 0 Å². The van der Waals surface area contributed by atoms with E-state index < -0.39 is 33.3 Å². The maximum atomic E-state index is 15.2. The molecule has 3 aromatic carbocycles. The summed E-state index contributed by atoms with van der Waals surface area (Å²) in [5, 5.41) is 0. The average Bonchev–Trinajstić information content (AvgIpc) is 2.85. The number of carbonyl (C=O) groups excluding carboxylic acids is 1. The molecule has 0 atom stereocenters. The van der Waals surface area contributed by atoms with Gasteiger partial charge < -0.3 is 4.74 Å². The molecule has 0 aliphatic carbocycles. The number of alkyl halides is 2. The smallest absolute Gasteiger partial charge is 0.382 e. The minimum absolute atomic E-state index is 0.0300. The Balaban J connectivity index is 1.91. The van der Waals surface area contributed by atoms with Gasteiger partial charge in [-0.1, -0.05) is 54.1 Å². The molecule has 0 fully saturated rings. The second-order valence-electron chi connectivity index (χ2n) is 8.06. The summed E-state index contributed by atoms with van der Waals surface area (Å²) in [5.41, 5.74) is 0.777. The van der Waals surface area contributed by atoms with Gasteiger partial charge in [0.1, 0.15) is 5.82 Å². The number of para-hydroxylation sites is 1. The number of anilines is 1. The predicted molar refractivity (Wildman–Crippen MR) is 126 cm³/mol. The molecular weight excluding hydrogens is 479 g/mol. The monoisotopic (exact) mass is 501 g/mol. The maximum Gasteiger partial charge on any atom is 0.382 e. The van der Waals surface area contributed by atoms with Gasteiger partial charge in [-0.05, 0) is 48.4 Å². The minimum atomic E-state index is -4.31. The Morgan fingerprint density at radius 3 is 2.29 bits per heavy atom. The fourth-order valence-corrected chi connectivity index (χ4v) is 5.22. The molecule has 35 heavy (non-hydrogen) atoms. The van der Waals surface area contributed by atoms with Crippen LogP contribution in [0.25, 0.3) is 5.57 Å². The lowest BCUT2D eigenvalue weighted by atomic mass is 10.0. The molecule has 0 unspecified atom stereocenters. The van der Waals surface area contributed by atoms with Gasteiger partial charge in [-0.3, -0.25) is 4.31 Å². The van der Waals surface area contributed by atoms with Crippen molar-refractivity contribution in [2.45, 2.75) is 24.2 Å². The summed E-state index contributed by atoms with van der Waals surface area (Å²) in [6.45, 7) is 1.14. The molecule has 0 amide bonds. The van der Waals surface area contributed by atoms with E-state index in [4.69, 9.17) is 4.74 Å². The summed E-state index contributed by atoms with van der Waals surface area (Å²) in [5.74, 6) is -6.33. The number of ether oxygens (including phenoxy) is 1. The van der Waals surface area contributed by atoms with E-state index in [-0.39, 0.29) is 30.2 Å². The van der Waals surface area contributed by atoms with Crippen LogP contribution in [0.15, 0.2) is 83.8 Å². The van der Waals surface area contributed by atoms with Crippen molar-refractivity contribution in [2.75, 3.05) is 17.5 Å². The Bertz CT molecular complexity index is 1370. The first-order chi connectivity index (χ1) is 16.6. The van der Waals surface area contributed by atoms with Crippen LogP contribution in [-0.2, 0) is 25.5 Å². The Kier molecular flexibility index (Phi) is 6.71. The Hall–Kier alpha value is -3.59. The topological polar surface area (TPSA) is 63.7 Å². The van der Waals surface area contributed by atoms with Crippen LogP contribution in [0.2, 0.25) is 0 Å². The Morgan fingerprint density at radius 2 is 1.60 bits per heavy atom. The second-order valence-corrected chi connectivity index (χ2v) is 9.93. The van der Waals surface area contributed by atoms with Crippen molar-refractivity contribution in [1.82, 2.24) is 0 Å². The second kappa shape index (κ2) is 9.58. The van der Waals surface area contributed by atoms with Crippen molar-refractivity contribution in [3.63, 3.8) is 0 Å². The number of hydrogen-bond donors (Lipinski definition) is 0. The fourth-order valence-electron chi connectivity index (χ4n) is 3.80. The highest BCUT2D eigenvalue weighted by Gasteiger charge is 2.46. The standard InChI is InChI=1S/C26H22F3NO4S/c1-18-6-12-22(13-7-18)35(32,33)30-16-14-20(19-8-10-21(27)11-9-19)15-17-34-25(31)26(28,29)23-4-2-3-5-24(23)30/h2-14H,15-17H2,1H3/b20-14+. The summed E-state index contributed by atoms with van der Waals surface area (Å²) < 4.78 is 76.9. The molecule has 5 nitrogen and oxygen atoms in total. The van der Waals surface area contributed by atoms with E-state index in [1.807, 2.05) is 0 Å². The van der Waals surface area contributed by atoms with Crippen molar-refractivity contribution in [1.29, 1.82) is 0 Å². The van der Waals surface area contributed by atoms with Crippen LogP contribution in [0.3, 0.4) is 0 Å². The van der Waals surface area contributed by atoms with Crippen LogP contribution in [0, 0.1) is 12.7 Å². The normalized spacial score (nSPS) is 18.0. The molecule has 182 valence electrons. The van der Waals surface area contributed by atoms with E-state index in [0.717, 1.165) is 15.9 Å². The first-order valence-corrected chi connectivity index (χ1v) is 12.2. The van der Waals surface area contributed by atoms with Crippen LogP contribution in [0.4, 0.5) is 18.9 Å². The predicted octanol–water partition coefficient (Wildman–Crippen LogP) is 5.45. The molecule has 0 bridgehead atoms. The molecule has 9 heteroatoms. The molecule has 0 aromatic heterocycles. The molecule has 4 rings (SSSR count). The molecule has 0 saturated carbocycles. The fraction of sp³-hybridized carbons (Fsp3) is 0.192. The van der Waals surface area contributed by atoms with E-state index in [1.165, 1.54) is 54.6 Å². The van der Waals surface area contributed by atoms with Crippen LogP contribution in [0.5, 0.6) is 0 Å². The number of esters is 1. The molecule has 0 N–H and O–H groups in total. The maximum absolute atomic E-state index is 15.2. The van der Waals surface area contributed by atoms with Crippen LogP contribution >= 0.6 is 0 Å². The largest absolute Gasteiger partial charge is 0.461 e. The van der Waals surface area contributed by atoms with Crippen LogP contribution in [0.1, 0.15) is 23.1 Å². The van der Waals surface area contributed by atoms with E-state index >= 15 is 8.78 Å². The van der Waals surface area contributed by atoms with Gasteiger partial charge in [0.15, 0.2) is 0 Å². The Labute approximate surface area is 201 Å². The first kappa shape index (κ1) is 24.5. The Morgan fingerprint density at radius 1 is 0.943 bits per heavy atom. The lowest BCUT2D eigenvalue weighted by molar-refractivity contribution is -0.173. The number of cyclic esters (lactones) is 1. The van der Waals surface area contributed by atoms with Gasteiger partial charge in [-0.15, -0.1) is 0 Å². The average molecular weight is 502 g/mol. The number of benzene rings is 3. The summed E-state index contributed by atoms with van der Waals surface area (Å²) in [6, 6.07) is 16.4. The van der Waals surface area contributed by atoms with E-state index in [0.29, 0.717) is 11.1 Å². The number of carbonyl (C=O) groups is 1. The van der Waals surface area contributed by atoms with Crippen LogP contribution < -0.4 is 4.31 Å². The van der Waals surface area contributed by atoms with Gasteiger partial charge in [0.05, 0.1) is 29.3 Å². The third kappa shape index (κ3) is 4.95. The summed E-state index contributed by atoms with van der Waals surface area (Å²) >= 11 is 0. The summed E-state index contributed by atoms with van der Waals surface area (Å²) in [4.78, 5) is 12.3. The molecule has 0 spiro atoms. The zero-order chi connectivity index (χ0) is 25.2. The van der Waals surface area contributed by atoms with Gasteiger partial charge in [0.2, 0.25) is 0 Å². The number of nitrogens with zero attached hydrogens (tertiary/aromatic N) is 1. The van der Waals surface area contributed by atoms with Crippen LogP contribution in [-0.4, -0.2) is 27.5 Å². The van der Waals surface area contributed by atoms with Gasteiger partial charge >= 0.3 is 11.9 Å². The molecule has 1 heterocycles. The van der Waals surface area contributed by atoms with E-state index in [9.17, 15) is 17.6 Å². The number of hydrogen-bond acceptors (Lipinski definition) is 4. The van der Waals surface area contributed by atoms with Crippen molar-refractivity contribution in [3.05, 3.63) is 101 Å². The van der Waals surface area contributed by atoms with E-state index in [1.54, 1.807) is 25.1 Å². The number of aryl methyl sites for hydroxylation is 1. The molecule has 1 aliphatic heterocycles. The molecule has 3 aromatic rings. The van der Waals surface area contributed by atoms with Crippen molar-refractivity contribution < 1.29 is 31.1 Å². The third-order valence-electron chi connectivity index (χ3n) is 5.70. The van der Waals surface area contributed by atoms with Gasteiger partial charge in [0, 0.05) is 6.42 Å². The van der Waals surface area contributed by atoms with E-state index in [2.05, 4.69) is 0 Å². The third-order valence-corrected chi connectivity index (χ3v) is 7.49. The summed E-state index contributed by atoms with van der Waals surface area (Å²) in [7, 11) is -4.31. The highest BCUT2D eigenvalue weighted by molar-refractivity contribution is 7.92. The quantitative estimate of drug-likeness (QED) is 0.448. The lowest BCUT2D eigenvalue weighted by Gasteiger charge is -2.27. The molecule has 0 saturated heterocycles. The van der Waals surface area contributed by atoms with Crippen molar-refractivity contribution in [3.8, 4) is 0 Å². The minimum Gasteiger partial charge on any atom is -0.461 e. The van der Waals surface area contributed by atoms with Gasteiger partial charge in [0.25, 0.3) is 10.0 Å². The SMILES string of the molecule is Cc1ccc(S(=O)(=O)N2C/C=C(/c3ccc(F)cc3)CCOC(=O)C(F)(F)c3ccccc32)cc1. The van der Waals surface area contributed by atoms with Gasteiger partial charge in [-0.2, -0.15) is 8.78 Å². The van der Waals surface area contributed by atoms with Crippen molar-refractivity contribution >= 4 is 27.3 Å². The number of rotatable bonds is 3. The molecule has 0 radical (unpaired) electrons.